The zero-order valence-electron chi connectivity index (χ0n) is 17.7. The van der Waals surface area contributed by atoms with E-state index in [1.807, 2.05) is 12.3 Å². The van der Waals surface area contributed by atoms with Crippen LogP contribution >= 0.6 is 11.3 Å². The van der Waals surface area contributed by atoms with Crippen LogP contribution in [0.25, 0.3) is 0 Å². The van der Waals surface area contributed by atoms with Crippen LogP contribution in [-0.4, -0.2) is 43.2 Å². The number of halogens is 3. The minimum Gasteiger partial charge on any atom is -0.356 e. The number of aromatic nitrogens is 1. The molecule has 0 bridgehead atoms. The molecule has 1 aliphatic heterocycles. The normalized spacial score (nSPS) is 16.2. The van der Waals surface area contributed by atoms with Crippen LogP contribution in [0.15, 0.2) is 34.5 Å². The molecule has 1 aromatic carbocycles. The fourth-order valence-corrected chi connectivity index (χ4v) is 5.95. The highest BCUT2D eigenvalue weighted by Gasteiger charge is 2.35. The fourth-order valence-electron chi connectivity index (χ4n) is 3.61. The molecule has 1 aliphatic rings. The van der Waals surface area contributed by atoms with Crippen molar-refractivity contribution in [1.29, 1.82) is 0 Å². The number of hydrogen-bond donors (Lipinski definition) is 1. The third kappa shape index (κ3) is 6.29. The van der Waals surface area contributed by atoms with E-state index in [0.29, 0.717) is 25.5 Å². The number of amides is 1. The van der Waals surface area contributed by atoms with Crippen molar-refractivity contribution in [3.8, 4) is 0 Å². The monoisotopic (exact) mass is 489 g/mol. The van der Waals surface area contributed by atoms with Gasteiger partial charge in [0.05, 0.1) is 15.5 Å². The molecule has 0 atom stereocenters. The molecule has 0 saturated carbocycles. The molecule has 11 heteroatoms. The lowest BCUT2D eigenvalue weighted by Crippen LogP contribution is -2.43. The second-order valence-electron chi connectivity index (χ2n) is 7.83. The van der Waals surface area contributed by atoms with Gasteiger partial charge in [0.2, 0.25) is 15.9 Å². The predicted octanol–water partition coefficient (Wildman–Crippen LogP) is 4.01. The number of benzene rings is 1. The lowest BCUT2D eigenvalue weighted by Gasteiger charge is -2.30. The number of carbonyl (C=O) groups excluding carboxylic acids is 1. The van der Waals surface area contributed by atoms with E-state index in [-0.39, 0.29) is 29.8 Å². The van der Waals surface area contributed by atoms with E-state index in [0.717, 1.165) is 52.5 Å². The van der Waals surface area contributed by atoms with Crippen molar-refractivity contribution in [1.82, 2.24) is 14.6 Å². The maximum atomic E-state index is 12.9. The molecule has 3 rings (SSSR count). The molecule has 176 valence electrons. The second-order valence-corrected chi connectivity index (χ2v) is 10.7. The molecular weight excluding hydrogens is 463 g/mol. The molecule has 0 radical (unpaired) electrons. The van der Waals surface area contributed by atoms with Crippen LogP contribution in [-0.2, 0) is 27.4 Å². The second kappa shape index (κ2) is 10.3. The largest absolute Gasteiger partial charge is 0.416 e. The van der Waals surface area contributed by atoms with Crippen LogP contribution < -0.4 is 5.32 Å². The number of alkyl halides is 3. The summed E-state index contributed by atoms with van der Waals surface area (Å²) in [5, 5.41) is 6.00. The van der Waals surface area contributed by atoms with Gasteiger partial charge in [0.1, 0.15) is 0 Å². The predicted molar refractivity (Wildman–Crippen MR) is 116 cm³/mol. The van der Waals surface area contributed by atoms with E-state index in [1.54, 1.807) is 11.3 Å². The SMILES string of the molecule is Cc1csc(CCCCNC(=O)C2CCN(S(=O)(=O)c3cccc(C(F)(F)F)c3)CC2)n1. The molecule has 0 aliphatic carbocycles. The van der Waals surface area contributed by atoms with Crippen LogP contribution in [0, 0.1) is 12.8 Å². The van der Waals surface area contributed by atoms with E-state index in [4.69, 9.17) is 0 Å². The molecule has 0 spiro atoms. The number of nitrogens with zero attached hydrogens (tertiary/aromatic N) is 2. The summed E-state index contributed by atoms with van der Waals surface area (Å²) in [5.41, 5.74) is 0.0116. The molecule has 6 nitrogen and oxygen atoms in total. The number of carbonyl (C=O) groups is 1. The maximum absolute atomic E-state index is 12.9. The Kier molecular flexibility index (Phi) is 7.94. The fraction of sp³-hybridized carbons (Fsp3) is 0.524. The molecule has 2 aromatic rings. The van der Waals surface area contributed by atoms with Gasteiger partial charge in [-0.15, -0.1) is 11.3 Å². The van der Waals surface area contributed by atoms with Crippen molar-refractivity contribution in [2.75, 3.05) is 19.6 Å². The first kappa shape index (κ1) is 24.7. The highest BCUT2D eigenvalue weighted by molar-refractivity contribution is 7.89. The average molecular weight is 490 g/mol. The van der Waals surface area contributed by atoms with Crippen molar-refractivity contribution in [3.63, 3.8) is 0 Å². The molecule has 1 saturated heterocycles. The summed E-state index contributed by atoms with van der Waals surface area (Å²) in [6.07, 6.45) is -1.32. The molecule has 1 N–H and O–H groups in total. The van der Waals surface area contributed by atoms with Crippen LogP contribution in [0.5, 0.6) is 0 Å². The average Bonchev–Trinajstić information content (AvgIpc) is 3.18. The van der Waals surface area contributed by atoms with E-state index >= 15 is 0 Å². The van der Waals surface area contributed by atoms with Crippen LogP contribution in [0.1, 0.15) is 41.9 Å². The van der Waals surface area contributed by atoms with Gasteiger partial charge in [0, 0.05) is 36.6 Å². The highest BCUT2D eigenvalue weighted by atomic mass is 32.2. The van der Waals surface area contributed by atoms with Crippen LogP contribution in [0.3, 0.4) is 0 Å². The molecule has 0 unspecified atom stereocenters. The summed E-state index contributed by atoms with van der Waals surface area (Å²) >= 11 is 1.63. The Labute approximate surface area is 189 Å². The number of unbranched alkanes of at least 4 members (excludes halogenated alkanes) is 1. The number of aryl methyl sites for hydroxylation is 2. The Hall–Kier alpha value is -1.98. The third-order valence-electron chi connectivity index (χ3n) is 5.41. The maximum Gasteiger partial charge on any atom is 0.416 e. The van der Waals surface area contributed by atoms with E-state index in [9.17, 15) is 26.4 Å². The number of nitrogens with one attached hydrogen (secondary N) is 1. The molecule has 2 heterocycles. The Bertz CT molecular complexity index is 1030. The first-order valence-electron chi connectivity index (χ1n) is 10.4. The van der Waals surface area contributed by atoms with E-state index in [1.165, 1.54) is 0 Å². The Morgan fingerprint density at radius 3 is 2.59 bits per heavy atom. The van der Waals surface area contributed by atoms with Gasteiger partial charge in [-0.1, -0.05) is 6.07 Å². The first-order valence-corrected chi connectivity index (χ1v) is 12.8. The Morgan fingerprint density at radius 1 is 1.25 bits per heavy atom. The quantitative estimate of drug-likeness (QED) is 0.569. The topological polar surface area (TPSA) is 79.4 Å². The van der Waals surface area contributed by atoms with Gasteiger partial charge in [-0.05, 0) is 57.2 Å². The van der Waals surface area contributed by atoms with Crippen LogP contribution in [0.2, 0.25) is 0 Å². The molecule has 32 heavy (non-hydrogen) atoms. The lowest BCUT2D eigenvalue weighted by molar-refractivity contribution is -0.137. The third-order valence-corrected chi connectivity index (χ3v) is 8.33. The van der Waals surface area contributed by atoms with Crippen molar-refractivity contribution < 1.29 is 26.4 Å². The molecule has 1 aromatic heterocycles. The Balaban J connectivity index is 1.45. The zero-order valence-corrected chi connectivity index (χ0v) is 19.3. The van der Waals surface area contributed by atoms with Crippen LogP contribution in [0.4, 0.5) is 13.2 Å². The van der Waals surface area contributed by atoms with Gasteiger partial charge in [0.15, 0.2) is 0 Å². The number of sulfonamides is 1. The molecular formula is C21H26F3N3O3S2. The number of piperidine rings is 1. The number of rotatable bonds is 8. The summed E-state index contributed by atoms with van der Waals surface area (Å²) in [6.45, 7) is 2.70. The molecule has 1 amide bonds. The van der Waals surface area contributed by atoms with Crippen molar-refractivity contribution >= 4 is 27.3 Å². The standard InChI is InChI=1S/C21H26F3N3O3S2/c1-15-14-31-19(26-15)7-2-3-10-25-20(28)16-8-11-27(12-9-16)32(29,30)18-6-4-5-17(13-18)21(22,23)24/h4-6,13-14,16H,2-3,7-12H2,1H3,(H,25,28). The van der Waals surface area contributed by atoms with E-state index in [2.05, 4.69) is 10.3 Å². The summed E-state index contributed by atoms with van der Waals surface area (Å²) in [6, 6.07) is 3.75. The highest BCUT2D eigenvalue weighted by Crippen LogP contribution is 2.32. The van der Waals surface area contributed by atoms with Gasteiger partial charge in [0.25, 0.3) is 0 Å². The smallest absolute Gasteiger partial charge is 0.356 e. The van der Waals surface area contributed by atoms with Crippen molar-refractivity contribution in [2.45, 2.75) is 50.1 Å². The van der Waals surface area contributed by atoms with Crippen molar-refractivity contribution in [3.05, 3.63) is 45.9 Å². The number of hydrogen-bond acceptors (Lipinski definition) is 5. The minimum absolute atomic E-state index is 0.0973. The number of thiazole rings is 1. The summed E-state index contributed by atoms with van der Waals surface area (Å²) < 4.78 is 65.4. The van der Waals surface area contributed by atoms with E-state index < -0.39 is 21.8 Å². The zero-order chi connectivity index (χ0) is 23.4. The van der Waals surface area contributed by atoms with Gasteiger partial charge >= 0.3 is 6.18 Å². The van der Waals surface area contributed by atoms with Crippen molar-refractivity contribution in [2.24, 2.45) is 5.92 Å². The van der Waals surface area contributed by atoms with Gasteiger partial charge < -0.3 is 5.32 Å². The van der Waals surface area contributed by atoms with Gasteiger partial charge in [-0.3, -0.25) is 4.79 Å². The Morgan fingerprint density at radius 2 is 1.97 bits per heavy atom. The summed E-state index contributed by atoms with van der Waals surface area (Å²) in [5.74, 6) is -0.407. The first-order chi connectivity index (χ1) is 15.1. The summed E-state index contributed by atoms with van der Waals surface area (Å²) in [7, 11) is -4.05. The summed E-state index contributed by atoms with van der Waals surface area (Å²) in [4.78, 5) is 16.4. The van der Waals surface area contributed by atoms with Gasteiger partial charge in [-0.25, -0.2) is 13.4 Å². The molecule has 1 fully saturated rings. The van der Waals surface area contributed by atoms with Gasteiger partial charge in [-0.2, -0.15) is 17.5 Å². The lowest BCUT2D eigenvalue weighted by atomic mass is 9.97. The minimum atomic E-state index is -4.62.